The molecule has 0 radical (unpaired) electrons. The molecule has 1 N–H and O–H groups in total. The molecule has 0 bridgehead atoms. The summed E-state index contributed by atoms with van der Waals surface area (Å²) in [5.74, 6) is -0.0480. The molecule has 0 aliphatic heterocycles. The molecular weight excluding hydrogens is 354 g/mol. The van der Waals surface area contributed by atoms with E-state index in [1.165, 1.54) is 22.2 Å². The van der Waals surface area contributed by atoms with Gasteiger partial charge in [-0.3, -0.25) is 14.2 Å². The Bertz CT molecular complexity index is 841. The van der Waals surface area contributed by atoms with E-state index in [1.54, 1.807) is 23.0 Å². The van der Waals surface area contributed by atoms with Gasteiger partial charge in [0.15, 0.2) is 5.16 Å². The van der Waals surface area contributed by atoms with E-state index in [2.05, 4.69) is 12.2 Å². The van der Waals surface area contributed by atoms with Crippen molar-refractivity contribution in [3.05, 3.63) is 20.8 Å². The van der Waals surface area contributed by atoms with E-state index in [1.807, 2.05) is 6.92 Å². The minimum Gasteiger partial charge on any atom is -0.358 e. The van der Waals surface area contributed by atoms with E-state index in [9.17, 15) is 9.59 Å². The average Bonchev–Trinajstić information content (AvgIpc) is 3.17. The quantitative estimate of drug-likeness (QED) is 0.455. The van der Waals surface area contributed by atoms with Gasteiger partial charge in [-0.1, -0.05) is 31.5 Å². The Balaban J connectivity index is 2.05. The van der Waals surface area contributed by atoms with E-state index in [0.29, 0.717) is 11.7 Å². The number of unbranched alkanes of at least 4 members (excludes halogenated alkanes) is 2. The first-order valence-corrected chi connectivity index (χ1v) is 10.7. The summed E-state index contributed by atoms with van der Waals surface area (Å²) in [6.07, 6.45) is 6.33. The predicted octanol–water partition coefficient (Wildman–Crippen LogP) is 3.36. The van der Waals surface area contributed by atoms with Crippen LogP contribution in [0.5, 0.6) is 0 Å². The third kappa shape index (κ3) is 3.62. The fraction of sp³-hybridized carbons (Fsp3) is 0.611. The van der Waals surface area contributed by atoms with E-state index < -0.39 is 0 Å². The Hall–Kier alpha value is -1.34. The molecule has 5 nitrogen and oxygen atoms in total. The van der Waals surface area contributed by atoms with Gasteiger partial charge in [0.25, 0.3) is 5.56 Å². The monoisotopic (exact) mass is 379 g/mol. The van der Waals surface area contributed by atoms with Crippen LogP contribution in [0, 0.1) is 0 Å². The van der Waals surface area contributed by atoms with Gasteiger partial charge in [-0.05, 0) is 38.2 Å². The molecule has 0 fully saturated rings. The minimum atomic E-state index is -0.279. The Labute approximate surface area is 156 Å². The molecule has 7 heteroatoms. The predicted molar refractivity (Wildman–Crippen MR) is 105 cm³/mol. The van der Waals surface area contributed by atoms with Crippen molar-refractivity contribution in [2.75, 3.05) is 7.05 Å². The Morgan fingerprint density at radius 1 is 1.40 bits per heavy atom. The number of rotatable bonds is 7. The Kier molecular flexibility index (Phi) is 5.84. The number of aromatic nitrogens is 2. The maximum absolute atomic E-state index is 13.2. The van der Waals surface area contributed by atoms with Gasteiger partial charge in [-0.15, -0.1) is 11.3 Å². The maximum Gasteiger partial charge on any atom is 0.263 e. The lowest BCUT2D eigenvalue weighted by atomic mass is 10.2. The molecule has 136 valence electrons. The number of nitrogens with one attached hydrogen (secondary N) is 1. The summed E-state index contributed by atoms with van der Waals surface area (Å²) >= 11 is 3.03. The van der Waals surface area contributed by atoms with Crippen molar-refractivity contribution in [3.63, 3.8) is 0 Å². The molecule has 2 heterocycles. The lowest BCUT2D eigenvalue weighted by molar-refractivity contribution is -0.119. The molecule has 1 atom stereocenters. The molecule has 2 aromatic heterocycles. The van der Waals surface area contributed by atoms with Crippen LogP contribution in [0.2, 0.25) is 0 Å². The number of aryl methyl sites for hydroxylation is 2. The summed E-state index contributed by atoms with van der Waals surface area (Å²) in [7, 11) is 1.63. The van der Waals surface area contributed by atoms with E-state index in [-0.39, 0.29) is 16.7 Å². The highest BCUT2D eigenvalue weighted by Gasteiger charge is 2.24. The van der Waals surface area contributed by atoms with Gasteiger partial charge < -0.3 is 5.32 Å². The Morgan fingerprint density at radius 2 is 2.20 bits per heavy atom. The number of nitrogens with zero attached hydrogens (tertiary/aromatic N) is 2. The lowest BCUT2D eigenvalue weighted by Gasteiger charge is -2.15. The normalized spacial score (nSPS) is 14.7. The van der Waals surface area contributed by atoms with Crippen LogP contribution in [0.15, 0.2) is 9.95 Å². The topological polar surface area (TPSA) is 64.0 Å². The fourth-order valence-electron chi connectivity index (χ4n) is 3.28. The van der Waals surface area contributed by atoms with E-state index in [4.69, 9.17) is 4.98 Å². The zero-order valence-corrected chi connectivity index (χ0v) is 16.7. The smallest absolute Gasteiger partial charge is 0.263 e. The standard InChI is InChI=1S/C18H25N3O2S2/c1-4-5-6-10-21-17(23)14-12-8-7-9-13(12)25-16(14)20-18(21)24-11(2)15(22)19-3/h11H,4-10H2,1-3H3,(H,19,22). The van der Waals surface area contributed by atoms with Crippen molar-refractivity contribution in [3.8, 4) is 0 Å². The molecular formula is C18H25N3O2S2. The van der Waals surface area contributed by atoms with Crippen LogP contribution in [-0.2, 0) is 24.2 Å². The summed E-state index contributed by atoms with van der Waals surface area (Å²) in [4.78, 5) is 32.1. The molecule has 0 saturated heterocycles. The first-order valence-electron chi connectivity index (χ1n) is 9.00. The highest BCUT2D eigenvalue weighted by molar-refractivity contribution is 8.00. The summed E-state index contributed by atoms with van der Waals surface area (Å²) in [5.41, 5.74) is 1.30. The van der Waals surface area contributed by atoms with Crippen molar-refractivity contribution in [1.82, 2.24) is 14.9 Å². The van der Waals surface area contributed by atoms with Gasteiger partial charge in [-0.2, -0.15) is 0 Å². The van der Waals surface area contributed by atoms with Crippen LogP contribution < -0.4 is 10.9 Å². The number of carbonyl (C=O) groups is 1. The molecule has 1 aliphatic rings. The van der Waals surface area contributed by atoms with E-state index in [0.717, 1.165) is 48.7 Å². The first kappa shape index (κ1) is 18.5. The summed E-state index contributed by atoms with van der Waals surface area (Å²) in [6, 6.07) is 0. The second kappa shape index (κ2) is 7.91. The maximum atomic E-state index is 13.2. The zero-order chi connectivity index (χ0) is 18.0. The van der Waals surface area contributed by atoms with Gasteiger partial charge in [0.2, 0.25) is 5.91 Å². The molecule has 3 rings (SSSR count). The molecule has 2 aromatic rings. The van der Waals surface area contributed by atoms with Gasteiger partial charge in [0, 0.05) is 18.5 Å². The first-order chi connectivity index (χ1) is 12.1. The molecule has 25 heavy (non-hydrogen) atoms. The molecule has 1 unspecified atom stereocenters. The zero-order valence-electron chi connectivity index (χ0n) is 15.1. The molecule has 1 amide bonds. The van der Waals surface area contributed by atoms with Crippen molar-refractivity contribution in [2.24, 2.45) is 0 Å². The number of hydrogen-bond donors (Lipinski definition) is 1. The largest absolute Gasteiger partial charge is 0.358 e. The van der Waals surface area contributed by atoms with Crippen molar-refractivity contribution in [1.29, 1.82) is 0 Å². The SMILES string of the molecule is CCCCCn1c(SC(C)C(=O)NC)nc2sc3c(c2c1=O)CCC3. The number of thioether (sulfide) groups is 1. The minimum absolute atomic E-state index is 0.0480. The van der Waals surface area contributed by atoms with Crippen molar-refractivity contribution in [2.45, 2.75) is 69.3 Å². The van der Waals surface area contributed by atoms with Crippen LogP contribution in [-0.4, -0.2) is 27.8 Å². The summed E-state index contributed by atoms with van der Waals surface area (Å²) < 4.78 is 1.80. The molecule has 0 saturated carbocycles. The Morgan fingerprint density at radius 3 is 2.92 bits per heavy atom. The van der Waals surface area contributed by atoms with Gasteiger partial charge in [0.1, 0.15) is 4.83 Å². The summed E-state index contributed by atoms with van der Waals surface area (Å²) in [6.45, 7) is 4.67. The number of carbonyl (C=O) groups excluding carboxylic acids is 1. The van der Waals surface area contributed by atoms with E-state index >= 15 is 0 Å². The molecule has 0 aromatic carbocycles. The number of amides is 1. The van der Waals surface area contributed by atoms with Crippen LogP contribution in [0.1, 0.15) is 50.0 Å². The number of hydrogen-bond acceptors (Lipinski definition) is 5. The van der Waals surface area contributed by atoms with Crippen LogP contribution >= 0.6 is 23.1 Å². The van der Waals surface area contributed by atoms with Crippen LogP contribution in [0.4, 0.5) is 0 Å². The highest BCUT2D eigenvalue weighted by Crippen LogP contribution is 2.36. The number of fused-ring (bicyclic) bond motifs is 3. The van der Waals surface area contributed by atoms with Gasteiger partial charge in [-0.25, -0.2) is 4.98 Å². The van der Waals surface area contributed by atoms with Crippen LogP contribution in [0.25, 0.3) is 10.2 Å². The molecule has 0 spiro atoms. The fourth-order valence-corrected chi connectivity index (χ4v) is 5.58. The lowest BCUT2D eigenvalue weighted by Crippen LogP contribution is -2.29. The summed E-state index contributed by atoms with van der Waals surface area (Å²) in [5, 5.41) is 3.88. The average molecular weight is 380 g/mol. The molecule has 1 aliphatic carbocycles. The third-order valence-electron chi connectivity index (χ3n) is 4.67. The van der Waals surface area contributed by atoms with Gasteiger partial charge >= 0.3 is 0 Å². The third-order valence-corrected chi connectivity index (χ3v) is 6.95. The van der Waals surface area contributed by atoms with Crippen molar-refractivity contribution < 1.29 is 4.79 Å². The highest BCUT2D eigenvalue weighted by atomic mass is 32.2. The second-order valence-electron chi connectivity index (χ2n) is 6.47. The van der Waals surface area contributed by atoms with Crippen molar-refractivity contribution >= 4 is 39.2 Å². The second-order valence-corrected chi connectivity index (χ2v) is 8.86. The van der Waals surface area contributed by atoms with Gasteiger partial charge in [0.05, 0.1) is 10.6 Å². The van der Waals surface area contributed by atoms with Crippen LogP contribution in [0.3, 0.4) is 0 Å². The number of thiophene rings is 1.